The van der Waals surface area contributed by atoms with Crippen LogP contribution in [0, 0.1) is 10.5 Å². The number of anilines is 1. The number of aliphatic hydroxyl groups is 1. The Hall–Kier alpha value is -1.40. The summed E-state index contributed by atoms with van der Waals surface area (Å²) >= 11 is 2.17. The third kappa shape index (κ3) is 1.78. The second-order valence-corrected chi connectivity index (χ2v) is 5.91. The Bertz CT molecular complexity index is 684. The maximum absolute atomic E-state index is 12.3. The summed E-state index contributed by atoms with van der Waals surface area (Å²) in [6.07, 6.45) is 0. The SMILES string of the molecule is Cc1ccccc1C1(O)C(=O)Nc2ccc(I)cc21. The van der Waals surface area contributed by atoms with E-state index in [2.05, 4.69) is 27.9 Å². The third-order valence-electron chi connectivity index (χ3n) is 3.48. The number of fused-ring (bicyclic) bond motifs is 1. The fraction of sp³-hybridized carbons (Fsp3) is 0.133. The number of benzene rings is 2. The van der Waals surface area contributed by atoms with E-state index in [4.69, 9.17) is 0 Å². The van der Waals surface area contributed by atoms with Crippen molar-refractivity contribution >= 4 is 34.2 Å². The third-order valence-corrected chi connectivity index (χ3v) is 4.15. The molecule has 1 amide bonds. The maximum Gasteiger partial charge on any atom is 0.265 e. The minimum atomic E-state index is -1.60. The van der Waals surface area contributed by atoms with Gasteiger partial charge in [-0.3, -0.25) is 4.79 Å². The van der Waals surface area contributed by atoms with Crippen LogP contribution in [0.15, 0.2) is 42.5 Å². The van der Waals surface area contributed by atoms with Crippen molar-refractivity contribution in [2.45, 2.75) is 12.5 Å². The zero-order chi connectivity index (χ0) is 13.6. The summed E-state index contributed by atoms with van der Waals surface area (Å²) in [7, 11) is 0. The van der Waals surface area contributed by atoms with E-state index >= 15 is 0 Å². The van der Waals surface area contributed by atoms with Crippen LogP contribution in [0.25, 0.3) is 0 Å². The van der Waals surface area contributed by atoms with Gasteiger partial charge in [0.25, 0.3) is 5.91 Å². The first-order chi connectivity index (χ1) is 9.03. The fourth-order valence-corrected chi connectivity index (χ4v) is 3.00. The first-order valence-corrected chi connectivity index (χ1v) is 7.01. The van der Waals surface area contributed by atoms with Gasteiger partial charge in [-0.05, 0) is 53.3 Å². The Kier molecular flexibility index (Phi) is 2.87. The molecule has 0 aliphatic carbocycles. The van der Waals surface area contributed by atoms with Gasteiger partial charge in [0, 0.05) is 20.4 Å². The van der Waals surface area contributed by atoms with Crippen molar-refractivity contribution in [3.8, 4) is 0 Å². The lowest BCUT2D eigenvalue weighted by molar-refractivity contribution is -0.129. The number of nitrogens with one attached hydrogen (secondary N) is 1. The molecule has 2 N–H and O–H groups in total. The molecular formula is C15H12INO2. The molecule has 0 saturated heterocycles. The first kappa shape index (κ1) is 12.6. The van der Waals surface area contributed by atoms with Crippen LogP contribution in [-0.4, -0.2) is 11.0 Å². The van der Waals surface area contributed by atoms with Crippen molar-refractivity contribution < 1.29 is 9.90 Å². The Morgan fingerprint density at radius 3 is 2.63 bits per heavy atom. The number of amides is 1. The summed E-state index contributed by atoms with van der Waals surface area (Å²) < 4.78 is 0.986. The molecule has 0 bridgehead atoms. The molecule has 1 unspecified atom stereocenters. The van der Waals surface area contributed by atoms with Gasteiger partial charge in [0.2, 0.25) is 0 Å². The molecule has 0 aromatic heterocycles. The van der Waals surface area contributed by atoms with E-state index in [0.29, 0.717) is 16.8 Å². The van der Waals surface area contributed by atoms with Gasteiger partial charge in [0.05, 0.1) is 0 Å². The molecule has 1 aliphatic rings. The number of carbonyl (C=O) groups excluding carboxylic acids is 1. The Morgan fingerprint density at radius 2 is 1.89 bits per heavy atom. The minimum Gasteiger partial charge on any atom is -0.372 e. The normalized spacial score (nSPS) is 21.1. The lowest BCUT2D eigenvalue weighted by Crippen LogP contribution is -2.36. The standard InChI is InChI=1S/C15H12INO2/c1-9-4-2-3-5-11(9)15(19)12-8-10(16)6-7-13(12)17-14(15)18/h2-8,19H,1H3,(H,17,18). The van der Waals surface area contributed by atoms with Crippen LogP contribution < -0.4 is 5.32 Å². The van der Waals surface area contributed by atoms with Gasteiger partial charge >= 0.3 is 0 Å². The molecule has 3 rings (SSSR count). The first-order valence-electron chi connectivity index (χ1n) is 5.93. The van der Waals surface area contributed by atoms with E-state index in [1.165, 1.54) is 0 Å². The maximum atomic E-state index is 12.3. The van der Waals surface area contributed by atoms with Crippen molar-refractivity contribution in [3.05, 3.63) is 62.7 Å². The Balaban J connectivity index is 2.28. The minimum absolute atomic E-state index is 0.390. The molecule has 4 heteroatoms. The molecule has 0 radical (unpaired) electrons. The molecule has 2 aromatic rings. The van der Waals surface area contributed by atoms with Gasteiger partial charge in [-0.2, -0.15) is 0 Å². The highest BCUT2D eigenvalue weighted by atomic mass is 127. The van der Waals surface area contributed by atoms with Gasteiger partial charge < -0.3 is 10.4 Å². The summed E-state index contributed by atoms with van der Waals surface area (Å²) in [5, 5.41) is 13.7. The molecule has 19 heavy (non-hydrogen) atoms. The molecular weight excluding hydrogens is 353 g/mol. The lowest BCUT2D eigenvalue weighted by atomic mass is 9.85. The largest absolute Gasteiger partial charge is 0.372 e. The van der Waals surface area contributed by atoms with E-state index in [1.54, 1.807) is 6.07 Å². The Labute approximate surface area is 124 Å². The predicted octanol–water partition coefficient (Wildman–Crippen LogP) is 2.79. The number of rotatable bonds is 1. The quantitative estimate of drug-likeness (QED) is 0.764. The highest BCUT2D eigenvalue weighted by molar-refractivity contribution is 14.1. The zero-order valence-corrected chi connectivity index (χ0v) is 12.4. The van der Waals surface area contributed by atoms with Crippen LogP contribution >= 0.6 is 22.6 Å². The molecule has 1 atom stereocenters. The van der Waals surface area contributed by atoms with Crippen LogP contribution in [0.2, 0.25) is 0 Å². The Morgan fingerprint density at radius 1 is 1.16 bits per heavy atom. The average molecular weight is 365 g/mol. The van der Waals surface area contributed by atoms with Gasteiger partial charge in [0.15, 0.2) is 5.60 Å². The van der Waals surface area contributed by atoms with Crippen molar-refractivity contribution in [2.24, 2.45) is 0 Å². The summed E-state index contributed by atoms with van der Waals surface area (Å²) in [5.41, 5.74) is 1.23. The van der Waals surface area contributed by atoms with E-state index in [-0.39, 0.29) is 5.91 Å². The van der Waals surface area contributed by atoms with Crippen LogP contribution in [0.1, 0.15) is 16.7 Å². The van der Waals surface area contributed by atoms with Crippen molar-refractivity contribution in [3.63, 3.8) is 0 Å². The van der Waals surface area contributed by atoms with E-state index < -0.39 is 5.60 Å². The molecule has 3 nitrogen and oxygen atoms in total. The molecule has 0 saturated carbocycles. The number of aryl methyl sites for hydroxylation is 1. The van der Waals surface area contributed by atoms with Crippen molar-refractivity contribution in [2.75, 3.05) is 5.32 Å². The number of hydrogen-bond acceptors (Lipinski definition) is 2. The monoisotopic (exact) mass is 365 g/mol. The average Bonchev–Trinajstić information content (AvgIpc) is 2.64. The molecule has 1 heterocycles. The molecule has 2 aromatic carbocycles. The van der Waals surface area contributed by atoms with Gasteiger partial charge in [0.1, 0.15) is 0 Å². The highest BCUT2D eigenvalue weighted by Crippen LogP contribution is 2.42. The molecule has 96 valence electrons. The molecule has 0 fully saturated rings. The summed E-state index contributed by atoms with van der Waals surface area (Å²) in [6, 6.07) is 13.0. The van der Waals surface area contributed by atoms with Crippen LogP contribution in [0.3, 0.4) is 0 Å². The van der Waals surface area contributed by atoms with E-state index in [9.17, 15) is 9.90 Å². The summed E-state index contributed by atoms with van der Waals surface area (Å²) in [4.78, 5) is 12.3. The fourth-order valence-electron chi connectivity index (χ4n) is 2.51. The number of halogens is 1. The summed E-state index contributed by atoms with van der Waals surface area (Å²) in [6.45, 7) is 1.90. The van der Waals surface area contributed by atoms with Crippen molar-refractivity contribution in [1.82, 2.24) is 0 Å². The van der Waals surface area contributed by atoms with Gasteiger partial charge in [-0.15, -0.1) is 0 Å². The zero-order valence-electron chi connectivity index (χ0n) is 10.3. The second kappa shape index (κ2) is 4.31. The number of carbonyl (C=O) groups is 1. The van der Waals surface area contributed by atoms with Gasteiger partial charge in [-0.25, -0.2) is 0 Å². The number of hydrogen-bond donors (Lipinski definition) is 2. The topological polar surface area (TPSA) is 49.3 Å². The van der Waals surface area contributed by atoms with E-state index in [1.807, 2.05) is 43.3 Å². The smallest absolute Gasteiger partial charge is 0.265 e. The molecule has 0 spiro atoms. The van der Waals surface area contributed by atoms with Crippen LogP contribution in [0.5, 0.6) is 0 Å². The summed E-state index contributed by atoms with van der Waals surface area (Å²) in [5.74, 6) is -0.390. The molecule has 1 aliphatic heterocycles. The van der Waals surface area contributed by atoms with Crippen LogP contribution in [-0.2, 0) is 10.4 Å². The van der Waals surface area contributed by atoms with Gasteiger partial charge in [-0.1, -0.05) is 24.3 Å². The second-order valence-electron chi connectivity index (χ2n) is 4.67. The van der Waals surface area contributed by atoms with E-state index in [0.717, 1.165) is 9.13 Å². The lowest BCUT2D eigenvalue weighted by Gasteiger charge is -2.23. The van der Waals surface area contributed by atoms with Crippen molar-refractivity contribution in [1.29, 1.82) is 0 Å². The highest BCUT2D eigenvalue weighted by Gasteiger charge is 2.47. The predicted molar refractivity (Wildman–Crippen MR) is 82.0 cm³/mol. The van der Waals surface area contributed by atoms with Crippen LogP contribution in [0.4, 0.5) is 5.69 Å².